The number of nitrogens with one attached hydrogen (secondary N) is 2. The molecule has 6 nitrogen and oxygen atoms in total. The van der Waals surface area contributed by atoms with E-state index in [1.165, 1.54) is 49.6 Å². The fourth-order valence-corrected chi connectivity index (χ4v) is 4.83. The first-order chi connectivity index (χ1) is 15.3. The molecule has 3 heterocycles. The Labute approximate surface area is 186 Å². The van der Waals surface area contributed by atoms with E-state index in [4.69, 9.17) is 0 Å². The lowest BCUT2D eigenvalue weighted by atomic mass is 9.87. The molecule has 8 heteroatoms. The summed E-state index contributed by atoms with van der Waals surface area (Å²) in [6.45, 7) is 1.87. The number of halogens is 2. The summed E-state index contributed by atoms with van der Waals surface area (Å²) in [5, 5.41) is 2.82. The fraction of sp³-hybridized carbons (Fsp3) is 0.542. The van der Waals surface area contributed by atoms with Crippen molar-refractivity contribution in [3.63, 3.8) is 0 Å². The monoisotopic (exact) mass is 444 g/mol. The number of nitrogens with zero attached hydrogens (tertiary/aromatic N) is 2. The minimum atomic E-state index is -2.90. The predicted octanol–water partition coefficient (Wildman–Crippen LogP) is 3.95. The van der Waals surface area contributed by atoms with Crippen molar-refractivity contribution in [2.24, 2.45) is 5.92 Å². The van der Waals surface area contributed by atoms with Crippen LogP contribution in [-0.2, 0) is 11.2 Å². The third kappa shape index (κ3) is 5.23. The summed E-state index contributed by atoms with van der Waals surface area (Å²) in [6.07, 6.45) is 8.97. The van der Waals surface area contributed by atoms with Gasteiger partial charge in [0, 0.05) is 38.0 Å². The topological polar surface area (TPSA) is 78.1 Å². The van der Waals surface area contributed by atoms with Gasteiger partial charge in [0.25, 0.3) is 5.92 Å². The summed E-state index contributed by atoms with van der Waals surface area (Å²) in [5.74, 6) is -3.06. The van der Waals surface area contributed by atoms with Gasteiger partial charge in [-0.3, -0.25) is 14.5 Å². The number of hydrogen-bond acceptors (Lipinski definition) is 4. The molecular weight excluding hydrogens is 414 g/mol. The number of anilines is 1. The van der Waals surface area contributed by atoms with E-state index in [1.807, 2.05) is 18.3 Å². The third-order valence-electron chi connectivity index (χ3n) is 6.87. The van der Waals surface area contributed by atoms with E-state index in [-0.39, 0.29) is 31.0 Å². The molecule has 1 aliphatic heterocycles. The summed E-state index contributed by atoms with van der Waals surface area (Å²) in [5.41, 5.74) is 1.20. The minimum Gasteiger partial charge on any atom is -0.329 e. The SMILES string of the molecule is CC(C(=O)Nc1ccc(CC2CCCC2)cn1)N1CCC(F)(F)[C@@H](c2ccc(=O)[nH]c2)C1. The minimum absolute atomic E-state index is 0.0292. The lowest BCUT2D eigenvalue weighted by Crippen LogP contribution is -2.52. The highest BCUT2D eigenvalue weighted by Gasteiger charge is 2.46. The van der Waals surface area contributed by atoms with Crippen LogP contribution >= 0.6 is 0 Å². The second-order valence-corrected chi connectivity index (χ2v) is 9.12. The van der Waals surface area contributed by atoms with E-state index in [1.54, 1.807) is 11.8 Å². The van der Waals surface area contributed by atoms with Crippen molar-refractivity contribution < 1.29 is 13.6 Å². The van der Waals surface area contributed by atoms with Crippen molar-refractivity contribution in [2.75, 3.05) is 18.4 Å². The Balaban J connectivity index is 1.37. The van der Waals surface area contributed by atoms with E-state index >= 15 is 0 Å². The summed E-state index contributed by atoms with van der Waals surface area (Å²) >= 11 is 0. The largest absolute Gasteiger partial charge is 0.329 e. The van der Waals surface area contributed by atoms with E-state index in [9.17, 15) is 18.4 Å². The van der Waals surface area contributed by atoms with Crippen molar-refractivity contribution in [3.8, 4) is 0 Å². The molecule has 4 rings (SSSR count). The molecule has 2 atom stereocenters. The third-order valence-corrected chi connectivity index (χ3v) is 6.87. The molecule has 1 unspecified atom stereocenters. The zero-order chi connectivity index (χ0) is 22.7. The molecule has 2 aromatic heterocycles. The van der Waals surface area contributed by atoms with Crippen LogP contribution in [0.5, 0.6) is 0 Å². The molecule has 0 spiro atoms. The maximum atomic E-state index is 14.6. The lowest BCUT2D eigenvalue weighted by Gasteiger charge is -2.40. The first-order valence-electron chi connectivity index (χ1n) is 11.4. The van der Waals surface area contributed by atoms with Crippen molar-refractivity contribution in [2.45, 2.75) is 63.3 Å². The molecule has 2 fully saturated rings. The summed E-state index contributed by atoms with van der Waals surface area (Å²) < 4.78 is 29.2. The van der Waals surface area contributed by atoms with Crippen molar-refractivity contribution >= 4 is 11.7 Å². The predicted molar refractivity (Wildman–Crippen MR) is 119 cm³/mol. The molecule has 1 saturated heterocycles. The van der Waals surface area contributed by atoms with Gasteiger partial charge < -0.3 is 10.3 Å². The average molecular weight is 445 g/mol. The quantitative estimate of drug-likeness (QED) is 0.707. The Kier molecular flexibility index (Phi) is 6.69. The molecule has 1 saturated carbocycles. The Morgan fingerprint density at radius 2 is 2.06 bits per heavy atom. The molecule has 0 radical (unpaired) electrons. The maximum Gasteiger partial charge on any atom is 0.257 e. The molecule has 1 aliphatic carbocycles. The molecule has 2 aliphatic rings. The number of H-pyrrole nitrogens is 1. The highest BCUT2D eigenvalue weighted by atomic mass is 19.3. The Morgan fingerprint density at radius 1 is 1.28 bits per heavy atom. The number of hydrogen-bond donors (Lipinski definition) is 2. The van der Waals surface area contributed by atoms with Gasteiger partial charge >= 0.3 is 0 Å². The van der Waals surface area contributed by atoms with Crippen LogP contribution in [0.15, 0.2) is 41.5 Å². The van der Waals surface area contributed by atoms with Gasteiger partial charge in [0.15, 0.2) is 0 Å². The van der Waals surface area contributed by atoms with E-state index < -0.39 is 17.9 Å². The molecule has 0 bridgehead atoms. The number of piperidine rings is 1. The van der Waals surface area contributed by atoms with Crippen molar-refractivity contribution in [1.82, 2.24) is 14.9 Å². The smallest absolute Gasteiger partial charge is 0.257 e. The fourth-order valence-electron chi connectivity index (χ4n) is 4.83. The molecular formula is C24H30F2N4O2. The molecule has 2 N–H and O–H groups in total. The van der Waals surface area contributed by atoms with Crippen LogP contribution in [0.25, 0.3) is 0 Å². The van der Waals surface area contributed by atoms with E-state index in [2.05, 4.69) is 15.3 Å². The van der Waals surface area contributed by atoms with Crippen LogP contribution in [0, 0.1) is 5.92 Å². The van der Waals surface area contributed by atoms with Gasteiger partial charge in [0.2, 0.25) is 11.5 Å². The number of likely N-dealkylation sites (tertiary alicyclic amines) is 1. The standard InChI is InChI=1S/C24H30F2N4O2/c1-16(23(32)29-21-8-6-18(13-27-21)12-17-4-2-3-5-17)30-11-10-24(25,26)20(15-30)19-7-9-22(31)28-14-19/h6-9,13-14,16-17,20H,2-5,10-12,15H2,1H3,(H,28,31)(H,27,29,32)/t16?,20-/m1/s1. The Morgan fingerprint density at radius 3 is 2.72 bits per heavy atom. The second kappa shape index (κ2) is 9.48. The Bertz CT molecular complexity index is 966. The Hall–Kier alpha value is -2.61. The van der Waals surface area contributed by atoms with Crippen LogP contribution in [0.2, 0.25) is 0 Å². The van der Waals surface area contributed by atoms with Gasteiger partial charge in [-0.15, -0.1) is 0 Å². The van der Waals surface area contributed by atoms with Crippen LogP contribution in [0.3, 0.4) is 0 Å². The molecule has 0 aromatic carbocycles. The first-order valence-corrected chi connectivity index (χ1v) is 11.4. The van der Waals surface area contributed by atoms with Gasteiger partial charge in [-0.05, 0) is 36.5 Å². The molecule has 2 aromatic rings. The van der Waals surface area contributed by atoms with Crippen LogP contribution < -0.4 is 10.9 Å². The number of amides is 1. The van der Waals surface area contributed by atoms with E-state index in [0.717, 1.165) is 12.3 Å². The highest BCUT2D eigenvalue weighted by molar-refractivity contribution is 5.93. The van der Waals surface area contributed by atoms with Gasteiger partial charge in [-0.25, -0.2) is 13.8 Å². The normalized spacial score (nSPS) is 22.5. The van der Waals surface area contributed by atoms with E-state index in [0.29, 0.717) is 11.4 Å². The number of aromatic nitrogens is 2. The van der Waals surface area contributed by atoms with Crippen molar-refractivity contribution in [3.05, 3.63) is 58.1 Å². The van der Waals surface area contributed by atoms with Gasteiger partial charge in [0.05, 0.1) is 12.0 Å². The summed E-state index contributed by atoms with van der Waals surface area (Å²) in [4.78, 5) is 32.7. The van der Waals surface area contributed by atoms with Crippen LogP contribution in [0.1, 0.15) is 56.1 Å². The van der Waals surface area contributed by atoms with Gasteiger partial charge in [0.1, 0.15) is 5.82 Å². The first kappa shape index (κ1) is 22.6. The highest BCUT2D eigenvalue weighted by Crippen LogP contribution is 2.40. The molecule has 1 amide bonds. The number of carbonyl (C=O) groups is 1. The lowest BCUT2D eigenvalue weighted by molar-refractivity contribution is -0.125. The van der Waals surface area contributed by atoms with Crippen molar-refractivity contribution in [1.29, 1.82) is 0 Å². The average Bonchev–Trinajstić information content (AvgIpc) is 3.28. The molecule has 172 valence electrons. The molecule has 32 heavy (non-hydrogen) atoms. The number of pyridine rings is 2. The zero-order valence-electron chi connectivity index (χ0n) is 18.3. The summed E-state index contributed by atoms with van der Waals surface area (Å²) in [6, 6.07) is 5.91. The number of rotatable bonds is 6. The maximum absolute atomic E-state index is 14.6. The van der Waals surface area contributed by atoms with Gasteiger partial charge in [-0.1, -0.05) is 37.8 Å². The summed E-state index contributed by atoms with van der Waals surface area (Å²) in [7, 11) is 0. The number of aromatic amines is 1. The second-order valence-electron chi connectivity index (χ2n) is 9.12. The van der Waals surface area contributed by atoms with Gasteiger partial charge in [-0.2, -0.15) is 0 Å². The zero-order valence-corrected chi connectivity index (χ0v) is 18.3. The van der Waals surface area contributed by atoms with Crippen LogP contribution in [0.4, 0.5) is 14.6 Å². The van der Waals surface area contributed by atoms with Crippen LogP contribution in [-0.4, -0.2) is 45.8 Å². The number of carbonyl (C=O) groups excluding carboxylic acids is 1. The number of alkyl halides is 2.